The molecule has 2 saturated carbocycles. The van der Waals surface area contributed by atoms with Gasteiger partial charge in [0.1, 0.15) is 0 Å². The Labute approximate surface area is 101 Å². The van der Waals surface area contributed by atoms with E-state index in [9.17, 15) is 0 Å². The fraction of sp³-hybridized carbons (Fsp3) is 1.00. The molecule has 0 radical (unpaired) electrons. The fourth-order valence-electron chi connectivity index (χ4n) is 3.06. The third-order valence-electron chi connectivity index (χ3n) is 4.96. The van der Waals surface area contributed by atoms with E-state index >= 15 is 0 Å². The fourth-order valence-corrected chi connectivity index (χ4v) is 3.06. The summed E-state index contributed by atoms with van der Waals surface area (Å²) in [4.78, 5) is 2.58. The summed E-state index contributed by atoms with van der Waals surface area (Å²) in [5.74, 6) is 1.95. The van der Waals surface area contributed by atoms with E-state index in [2.05, 4.69) is 18.9 Å². The lowest BCUT2D eigenvalue weighted by molar-refractivity contribution is 0.0657. The van der Waals surface area contributed by atoms with Crippen molar-refractivity contribution in [2.75, 3.05) is 20.1 Å². The van der Waals surface area contributed by atoms with Crippen molar-refractivity contribution in [2.24, 2.45) is 17.6 Å². The van der Waals surface area contributed by atoms with Crippen LogP contribution in [-0.2, 0) is 0 Å². The van der Waals surface area contributed by atoms with Crippen molar-refractivity contribution in [1.82, 2.24) is 4.90 Å². The molecule has 0 spiro atoms. The van der Waals surface area contributed by atoms with E-state index in [1.807, 2.05) is 0 Å². The lowest BCUT2D eigenvalue weighted by atomic mass is 9.76. The highest BCUT2D eigenvalue weighted by molar-refractivity contribution is 4.94. The van der Waals surface area contributed by atoms with E-state index in [-0.39, 0.29) is 0 Å². The molecule has 0 bridgehead atoms. The zero-order chi connectivity index (χ0) is 11.6. The summed E-state index contributed by atoms with van der Waals surface area (Å²) in [6.07, 6.45) is 9.70. The Morgan fingerprint density at radius 3 is 2.31 bits per heavy atom. The third-order valence-corrected chi connectivity index (χ3v) is 4.96. The number of nitrogens with zero attached hydrogens (tertiary/aromatic N) is 1. The smallest absolute Gasteiger partial charge is 0.0328 e. The van der Waals surface area contributed by atoms with E-state index in [4.69, 9.17) is 5.73 Å². The summed E-state index contributed by atoms with van der Waals surface area (Å²) in [6.45, 7) is 4.49. The van der Waals surface area contributed by atoms with Gasteiger partial charge in [0.15, 0.2) is 0 Å². The summed E-state index contributed by atoms with van der Waals surface area (Å²) < 4.78 is 0. The van der Waals surface area contributed by atoms with Gasteiger partial charge >= 0.3 is 0 Å². The van der Waals surface area contributed by atoms with Crippen LogP contribution in [0.1, 0.15) is 51.9 Å². The Balaban J connectivity index is 1.85. The van der Waals surface area contributed by atoms with Crippen LogP contribution >= 0.6 is 0 Å². The number of likely N-dealkylation sites (N-methyl/N-ethyl adjacent to an activating group) is 1. The summed E-state index contributed by atoms with van der Waals surface area (Å²) >= 11 is 0. The second-order valence-electron chi connectivity index (χ2n) is 6.26. The van der Waals surface area contributed by atoms with E-state index in [0.717, 1.165) is 18.4 Å². The molecule has 2 aliphatic carbocycles. The van der Waals surface area contributed by atoms with E-state index < -0.39 is 0 Å². The zero-order valence-electron chi connectivity index (χ0n) is 11.0. The van der Waals surface area contributed by atoms with Crippen molar-refractivity contribution in [3.05, 3.63) is 0 Å². The third kappa shape index (κ3) is 2.78. The van der Waals surface area contributed by atoms with Gasteiger partial charge in [-0.05, 0) is 57.5 Å². The molecular weight excluding hydrogens is 196 g/mol. The Morgan fingerprint density at radius 2 is 1.81 bits per heavy atom. The van der Waals surface area contributed by atoms with Gasteiger partial charge in [-0.15, -0.1) is 0 Å². The van der Waals surface area contributed by atoms with E-state index in [0.29, 0.717) is 5.54 Å². The molecule has 2 N–H and O–H groups in total. The Morgan fingerprint density at radius 1 is 1.19 bits per heavy atom. The first-order chi connectivity index (χ1) is 7.66. The second-order valence-corrected chi connectivity index (χ2v) is 6.26. The van der Waals surface area contributed by atoms with Crippen molar-refractivity contribution in [1.29, 1.82) is 0 Å². The van der Waals surface area contributed by atoms with Gasteiger partial charge in [-0.3, -0.25) is 4.90 Å². The quantitative estimate of drug-likeness (QED) is 0.778. The van der Waals surface area contributed by atoms with Crippen LogP contribution in [0.5, 0.6) is 0 Å². The first-order valence-electron chi connectivity index (χ1n) is 7.07. The van der Waals surface area contributed by atoms with Gasteiger partial charge in [0.2, 0.25) is 0 Å². The first kappa shape index (κ1) is 12.4. The highest BCUT2D eigenvalue weighted by Gasteiger charge is 2.36. The van der Waals surface area contributed by atoms with Crippen molar-refractivity contribution in [3.63, 3.8) is 0 Å². The molecule has 2 fully saturated rings. The first-order valence-corrected chi connectivity index (χ1v) is 7.07. The number of hydrogen-bond donors (Lipinski definition) is 1. The molecule has 2 aliphatic rings. The summed E-state index contributed by atoms with van der Waals surface area (Å²) in [5, 5.41) is 0. The highest BCUT2D eigenvalue weighted by Crippen LogP contribution is 2.37. The average molecular weight is 224 g/mol. The predicted octanol–water partition coefficient (Wildman–Crippen LogP) is 2.63. The van der Waals surface area contributed by atoms with Crippen molar-refractivity contribution >= 4 is 0 Å². The van der Waals surface area contributed by atoms with Gasteiger partial charge < -0.3 is 5.73 Å². The lowest BCUT2D eigenvalue weighted by Crippen LogP contribution is -2.54. The van der Waals surface area contributed by atoms with E-state index in [1.165, 1.54) is 51.5 Å². The van der Waals surface area contributed by atoms with Crippen LogP contribution in [0.3, 0.4) is 0 Å². The minimum atomic E-state index is 0.335. The molecule has 0 heterocycles. The molecule has 16 heavy (non-hydrogen) atoms. The molecule has 0 aromatic carbocycles. The number of rotatable bonds is 5. The maximum Gasteiger partial charge on any atom is 0.0328 e. The van der Waals surface area contributed by atoms with Gasteiger partial charge in [0.25, 0.3) is 0 Å². The summed E-state index contributed by atoms with van der Waals surface area (Å²) in [7, 11) is 2.30. The second kappa shape index (κ2) is 5.05. The zero-order valence-corrected chi connectivity index (χ0v) is 11.0. The SMILES string of the molecule is CC1CCC(CN)(N(C)CCC2CC2)CC1. The number of nitrogens with two attached hydrogens (primary N) is 1. The van der Waals surface area contributed by atoms with Crippen molar-refractivity contribution in [3.8, 4) is 0 Å². The predicted molar refractivity (Wildman–Crippen MR) is 69.4 cm³/mol. The molecular formula is C14H28N2. The molecule has 0 saturated heterocycles. The molecule has 94 valence electrons. The van der Waals surface area contributed by atoms with Gasteiger partial charge in [-0.2, -0.15) is 0 Å². The topological polar surface area (TPSA) is 29.3 Å². The Bertz CT molecular complexity index is 215. The standard InChI is InChI=1S/C14H28N2/c1-12-5-8-14(11-15,9-6-12)16(2)10-7-13-3-4-13/h12-13H,3-11,15H2,1-2H3. The molecule has 0 amide bonds. The maximum absolute atomic E-state index is 6.06. The van der Waals surface area contributed by atoms with Crippen LogP contribution < -0.4 is 5.73 Å². The average Bonchev–Trinajstić information content (AvgIpc) is 3.11. The highest BCUT2D eigenvalue weighted by atomic mass is 15.2. The van der Waals surface area contributed by atoms with Crippen molar-refractivity contribution < 1.29 is 0 Å². The lowest BCUT2D eigenvalue weighted by Gasteiger charge is -2.45. The van der Waals surface area contributed by atoms with Crippen LogP contribution in [0.2, 0.25) is 0 Å². The van der Waals surface area contributed by atoms with E-state index in [1.54, 1.807) is 0 Å². The van der Waals surface area contributed by atoms with Gasteiger partial charge in [-0.25, -0.2) is 0 Å². The normalized spacial score (nSPS) is 35.6. The maximum atomic E-state index is 6.06. The summed E-state index contributed by atoms with van der Waals surface area (Å²) in [5.41, 5.74) is 6.40. The van der Waals surface area contributed by atoms with Crippen LogP contribution in [-0.4, -0.2) is 30.6 Å². The molecule has 0 aliphatic heterocycles. The van der Waals surface area contributed by atoms with Gasteiger partial charge in [-0.1, -0.05) is 19.8 Å². The Kier molecular flexibility index (Phi) is 3.91. The monoisotopic (exact) mass is 224 g/mol. The van der Waals surface area contributed by atoms with Crippen LogP contribution in [0.25, 0.3) is 0 Å². The van der Waals surface area contributed by atoms with Crippen LogP contribution in [0, 0.1) is 11.8 Å². The Hall–Kier alpha value is -0.0800. The van der Waals surface area contributed by atoms with Crippen molar-refractivity contribution in [2.45, 2.75) is 57.4 Å². The van der Waals surface area contributed by atoms with Crippen LogP contribution in [0.4, 0.5) is 0 Å². The summed E-state index contributed by atoms with van der Waals surface area (Å²) in [6, 6.07) is 0. The molecule has 0 atom stereocenters. The van der Waals surface area contributed by atoms with Gasteiger partial charge in [0, 0.05) is 12.1 Å². The molecule has 0 unspecified atom stereocenters. The largest absolute Gasteiger partial charge is 0.329 e. The molecule has 2 heteroatoms. The molecule has 2 nitrogen and oxygen atoms in total. The number of hydrogen-bond acceptors (Lipinski definition) is 2. The minimum Gasteiger partial charge on any atom is -0.329 e. The van der Waals surface area contributed by atoms with Crippen LogP contribution in [0.15, 0.2) is 0 Å². The molecule has 0 aromatic heterocycles. The molecule has 0 aromatic rings. The van der Waals surface area contributed by atoms with Gasteiger partial charge in [0.05, 0.1) is 0 Å². The minimum absolute atomic E-state index is 0.335. The molecule has 2 rings (SSSR count).